The summed E-state index contributed by atoms with van der Waals surface area (Å²) < 4.78 is 5.28. The lowest BCUT2D eigenvalue weighted by molar-refractivity contribution is 0.270. The van der Waals surface area contributed by atoms with E-state index >= 15 is 0 Å². The number of rotatable bonds is 6. The molecule has 0 aliphatic heterocycles. The van der Waals surface area contributed by atoms with Crippen molar-refractivity contribution < 1.29 is 4.74 Å². The fraction of sp³-hybridized carbons (Fsp3) is 0.846. The third kappa shape index (κ3) is 5.22. The topological polar surface area (TPSA) is 21.3 Å². The predicted molar refractivity (Wildman–Crippen MR) is 64.8 cm³/mol. The molecule has 0 unspecified atom stereocenters. The summed E-state index contributed by atoms with van der Waals surface area (Å²) >= 11 is 0. The average Bonchev–Trinajstić information content (AvgIpc) is 2.29. The number of ether oxygens (including phenoxy) is 1. The van der Waals surface area contributed by atoms with E-state index in [0.29, 0.717) is 0 Å². The van der Waals surface area contributed by atoms with Crippen LogP contribution in [0.5, 0.6) is 0 Å². The van der Waals surface area contributed by atoms with Crippen LogP contribution in [0.3, 0.4) is 0 Å². The summed E-state index contributed by atoms with van der Waals surface area (Å²) in [6.45, 7) is 4.19. The van der Waals surface area contributed by atoms with Crippen molar-refractivity contribution >= 4 is 0 Å². The molecule has 0 amide bonds. The third-order valence-electron chi connectivity index (χ3n) is 3.15. The summed E-state index contributed by atoms with van der Waals surface area (Å²) in [7, 11) is 1.75. The van der Waals surface area contributed by atoms with Gasteiger partial charge in [0.2, 0.25) is 0 Å². The number of hydrogen-bond acceptors (Lipinski definition) is 2. The normalized spacial score (nSPS) is 19.2. The zero-order chi connectivity index (χ0) is 10.9. The van der Waals surface area contributed by atoms with Crippen LogP contribution in [0.2, 0.25) is 0 Å². The van der Waals surface area contributed by atoms with Gasteiger partial charge in [0.25, 0.3) is 0 Å². The molecule has 0 aromatic heterocycles. The van der Waals surface area contributed by atoms with E-state index in [-0.39, 0.29) is 0 Å². The number of allylic oxidation sites excluding steroid dienone is 1. The number of methoxy groups -OCH3 is 1. The Kier molecular flexibility index (Phi) is 6.49. The molecule has 15 heavy (non-hydrogen) atoms. The van der Waals surface area contributed by atoms with Crippen LogP contribution in [-0.4, -0.2) is 20.2 Å². The molecule has 0 aromatic rings. The van der Waals surface area contributed by atoms with Crippen LogP contribution in [0.1, 0.15) is 45.4 Å². The summed E-state index contributed by atoms with van der Waals surface area (Å²) in [6, 6.07) is 0. The van der Waals surface area contributed by atoms with Crippen molar-refractivity contribution in [2.24, 2.45) is 5.92 Å². The van der Waals surface area contributed by atoms with Crippen molar-refractivity contribution in [2.45, 2.75) is 45.4 Å². The molecular formula is C13H25NO. The number of hydrogen-bond donors (Lipinski definition) is 1. The minimum absolute atomic E-state index is 0.890. The molecule has 0 bridgehead atoms. The molecule has 0 saturated heterocycles. The van der Waals surface area contributed by atoms with E-state index in [0.717, 1.165) is 31.2 Å². The molecule has 0 spiro atoms. The second-order valence-corrected chi connectivity index (χ2v) is 4.42. The van der Waals surface area contributed by atoms with Crippen molar-refractivity contribution in [3.05, 3.63) is 11.8 Å². The smallest absolute Gasteiger partial charge is 0.105 e. The van der Waals surface area contributed by atoms with Gasteiger partial charge in [-0.3, -0.25) is 0 Å². The zero-order valence-electron chi connectivity index (χ0n) is 10.2. The highest BCUT2D eigenvalue weighted by atomic mass is 16.5. The van der Waals surface area contributed by atoms with Gasteiger partial charge in [-0.1, -0.05) is 26.2 Å². The Morgan fingerprint density at radius 3 is 2.67 bits per heavy atom. The van der Waals surface area contributed by atoms with E-state index in [9.17, 15) is 0 Å². The van der Waals surface area contributed by atoms with Crippen LogP contribution in [0, 0.1) is 5.92 Å². The van der Waals surface area contributed by atoms with Gasteiger partial charge in [0, 0.05) is 0 Å². The minimum Gasteiger partial charge on any atom is -0.500 e. The molecule has 0 aromatic carbocycles. The van der Waals surface area contributed by atoms with Crippen LogP contribution in [-0.2, 0) is 4.74 Å². The lowest BCUT2D eigenvalue weighted by Gasteiger charge is -2.22. The van der Waals surface area contributed by atoms with Gasteiger partial charge in [-0.2, -0.15) is 0 Å². The van der Waals surface area contributed by atoms with E-state index in [1.54, 1.807) is 7.11 Å². The minimum atomic E-state index is 0.890. The second kappa shape index (κ2) is 7.75. The SMILES string of the molecule is CC/C=C(\CNCC1CCCCC1)OC. The molecule has 0 heterocycles. The summed E-state index contributed by atoms with van der Waals surface area (Å²) in [6.07, 6.45) is 10.3. The van der Waals surface area contributed by atoms with Gasteiger partial charge in [-0.15, -0.1) is 0 Å². The Hall–Kier alpha value is -0.500. The van der Waals surface area contributed by atoms with Crippen molar-refractivity contribution in [3.63, 3.8) is 0 Å². The van der Waals surface area contributed by atoms with E-state index in [1.807, 2.05) is 0 Å². The van der Waals surface area contributed by atoms with E-state index < -0.39 is 0 Å². The lowest BCUT2D eigenvalue weighted by atomic mass is 9.89. The molecule has 1 fully saturated rings. The third-order valence-corrected chi connectivity index (χ3v) is 3.15. The van der Waals surface area contributed by atoms with Crippen molar-refractivity contribution in [2.75, 3.05) is 20.2 Å². The van der Waals surface area contributed by atoms with Crippen molar-refractivity contribution in [1.82, 2.24) is 5.32 Å². The van der Waals surface area contributed by atoms with Gasteiger partial charge < -0.3 is 10.1 Å². The molecule has 0 atom stereocenters. The average molecular weight is 211 g/mol. The quantitative estimate of drug-likeness (QED) is 0.682. The molecule has 2 heteroatoms. The van der Waals surface area contributed by atoms with Gasteiger partial charge in [-0.25, -0.2) is 0 Å². The maximum Gasteiger partial charge on any atom is 0.105 e. The standard InChI is InChI=1S/C13H25NO/c1-3-7-13(15-2)11-14-10-12-8-5-4-6-9-12/h7,12,14H,3-6,8-11H2,1-2H3/b13-7+. The molecule has 88 valence electrons. The molecule has 1 aliphatic rings. The summed E-state index contributed by atoms with van der Waals surface area (Å²) in [5.74, 6) is 1.98. The van der Waals surface area contributed by atoms with Crippen LogP contribution >= 0.6 is 0 Å². The maximum atomic E-state index is 5.28. The summed E-state index contributed by atoms with van der Waals surface area (Å²) in [5.41, 5.74) is 0. The highest BCUT2D eigenvalue weighted by Gasteiger charge is 2.12. The molecule has 1 rings (SSSR count). The first-order chi connectivity index (χ1) is 7.36. The van der Waals surface area contributed by atoms with Gasteiger partial charge >= 0.3 is 0 Å². The molecule has 1 saturated carbocycles. The van der Waals surface area contributed by atoms with Gasteiger partial charge in [0.1, 0.15) is 5.76 Å². The number of nitrogens with one attached hydrogen (secondary N) is 1. The highest BCUT2D eigenvalue weighted by Crippen LogP contribution is 2.22. The van der Waals surface area contributed by atoms with Crippen LogP contribution in [0.15, 0.2) is 11.8 Å². The van der Waals surface area contributed by atoms with Crippen molar-refractivity contribution in [1.29, 1.82) is 0 Å². The fourth-order valence-electron chi connectivity index (χ4n) is 2.25. The van der Waals surface area contributed by atoms with Gasteiger partial charge in [-0.05, 0) is 37.8 Å². The Morgan fingerprint density at radius 1 is 1.33 bits per heavy atom. The predicted octanol–water partition coefficient (Wildman–Crippen LogP) is 3.10. The largest absolute Gasteiger partial charge is 0.500 e. The van der Waals surface area contributed by atoms with E-state index in [2.05, 4.69) is 18.3 Å². The molecule has 1 aliphatic carbocycles. The van der Waals surface area contributed by atoms with Crippen molar-refractivity contribution in [3.8, 4) is 0 Å². The summed E-state index contributed by atoms with van der Waals surface area (Å²) in [5, 5.41) is 3.50. The van der Waals surface area contributed by atoms with Crippen LogP contribution < -0.4 is 5.32 Å². The summed E-state index contributed by atoms with van der Waals surface area (Å²) in [4.78, 5) is 0. The zero-order valence-corrected chi connectivity index (χ0v) is 10.2. The Balaban J connectivity index is 2.11. The Bertz CT molecular complexity index is 183. The first-order valence-corrected chi connectivity index (χ1v) is 6.30. The second-order valence-electron chi connectivity index (χ2n) is 4.42. The Labute approximate surface area is 94.1 Å². The molecular weight excluding hydrogens is 186 g/mol. The van der Waals surface area contributed by atoms with Crippen LogP contribution in [0.4, 0.5) is 0 Å². The first kappa shape index (κ1) is 12.6. The highest BCUT2D eigenvalue weighted by molar-refractivity contribution is 4.94. The van der Waals surface area contributed by atoms with Gasteiger partial charge in [0.05, 0.1) is 13.7 Å². The van der Waals surface area contributed by atoms with Crippen LogP contribution in [0.25, 0.3) is 0 Å². The maximum absolute atomic E-state index is 5.28. The molecule has 1 N–H and O–H groups in total. The first-order valence-electron chi connectivity index (χ1n) is 6.30. The fourth-order valence-corrected chi connectivity index (χ4v) is 2.25. The van der Waals surface area contributed by atoms with Gasteiger partial charge in [0.15, 0.2) is 0 Å². The molecule has 0 radical (unpaired) electrons. The van der Waals surface area contributed by atoms with E-state index in [4.69, 9.17) is 4.74 Å². The monoisotopic (exact) mass is 211 g/mol. The Morgan fingerprint density at radius 2 is 2.07 bits per heavy atom. The lowest BCUT2D eigenvalue weighted by Crippen LogP contribution is -2.26. The van der Waals surface area contributed by atoms with E-state index in [1.165, 1.54) is 32.1 Å². The molecule has 2 nitrogen and oxygen atoms in total.